The summed E-state index contributed by atoms with van der Waals surface area (Å²) in [5.41, 5.74) is 0.112. The summed E-state index contributed by atoms with van der Waals surface area (Å²) in [4.78, 5) is 12.0. The molecule has 1 heterocycles. The van der Waals surface area contributed by atoms with Gasteiger partial charge in [-0.3, -0.25) is 4.79 Å². The monoisotopic (exact) mass is 223 g/mol. The number of aromatic amines is 1. The van der Waals surface area contributed by atoms with Crippen LogP contribution in [-0.2, 0) is 11.3 Å². The van der Waals surface area contributed by atoms with Gasteiger partial charge in [0, 0.05) is 5.92 Å². The molecule has 1 unspecified atom stereocenters. The van der Waals surface area contributed by atoms with Crippen LogP contribution in [0.1, 0.15) is 38.9 Å². The summed E-state index contributed by atoms with van der Waals surface area (Å²) < 4.78 is 0. The molecule has 0 aliphatic heterocycles. The maximum atomic E-state index is 12.0. The maximum absolute atomic E-state index is 12.0. The lowest BCUT2D eigenvalue weighted by Crippen LogP contribution is -2.36. The van der Waals surface area contributed by atoms with Crippen molar-refractivity contribution in [1.29, 1.82) is 0 Å². The molecule has 1 saturated carbocycles. The Balaban J connectivity index is 1.89. The van der Waals surface area contributed by atoms with Crippen molar-refractivity contribution in [2.45, 2.75) is 39.7 Å². The summed E-state index contributed by atoms with van der Waals surface area (Å²) in [6.07, 6.45) is 3.23. The SMILES string of the molecule is CC1(C)CCCC1C(=O)NCc1nn[nH]n1. The van der Waals surface area contributed by atoms with E-state index in [1.165, 1.54) is 0 Å². The molecule has 2 rings (SSSR count). The number of aromatic nitrogens is 4. The number of H-pyrrole nitrogens is 1. The largest absolute Gasteiger partial charge is 0.348 e. The summed E-state index contributed by atoms with van der Waals surface area (Å²) in [5.74, 6) is 0.732. The molecular formula is C10H17N5O. The first-order valence-electron chi connectivity index (χ1n) is 5.59. The minimum atomic E-state index is 0.104. The molecule has 0 spiro atoms. The summed E-state index contributed by atoms with van der Waals surface area (Å²) in [7, 11) is 0. The Hall–Kier alpha value is -1.46. The van der Waals surface area contributed by atoms with Gasteiger partial charge in [0.25, 0.3) is 0 Å². The molecule has 0 saturated heterocycles. The number of hydrogen-bond acceptors (Lipinski definition) is 4. The third-order valence-corrected chi connectivity index (χ3v) is 3.38. The number of amides is 1. The lowest BCUT2D eigenvalue weighted by molar-refractivity contribution is -0.127. The molecule has 1 aliphatic carbocycles. The quantitative estimate of drug-likeness (QED) is 0.787. The molecule has 6 heteroatoms. The predicted molar refractivity (Wildman–Crippen MR) is 57.1 cm³/mol. The molecule has 2 N–H and O–H groups in total. The van der Waals surface area contributed by atoms with Gasteiger partial charge in [-0.2, -0.15) is 5.21 Å². The second-order valence-corrected chi connectivity index (χ2v) is 4.98. The molecule has 6 nitrogen and oxygen atoms in total. The van der Waals surface area contributed by atoms with Crippen LogP contribution in [0.3, 0.4) is 0 Å². The number of hydrogen-bond donors (Lipinski definition) is 2. The van der Waals surface area contributed by atoms with Crippen LogP contribution >= 0.6 is 0 Å². The Labute approximate surface area is 94.2 Å². The molecule has 1 amide bonds. The minimum Gasteiger partial charge on any atom is -0.348 e. The topological polar surface area (TPSA) is 83.6 Å². The molecule has 88 valence electrons. The highest BCUT2D eigenvalue weighted by Gasteiger charge is 2.39. The van der Waals surface area contributed by atoms with E-state index >= 15 is 0 Å². The highest BCUT2D eigenvalue weighted by molar-refractivity contribution is 5.79. The molecule has 16 heavy (non-hydrogen) atoms. The Bertz CT molecular complexity index is 359. The number of carbonyl (C=O) groups excluding carboxylic acids is 1. The predicted octanol–water partition coefficient (Wildman–Crippen LogP) is 0.642. The molecule has 1 aromatic rings. The van der Waals surface area contributed by atoms with Gasteiger partial charge in [-0.25, -0.2) is 0 Å². The van der Waals surface area contributed by atoms with Crippen LogP contribution in [0.2, 0.25) is 0 Å². The van der Waals surface area contributed by atoms with Crippen molar-refractivity contribution in [1.82, 2.24) is 25.9 Å². The Morgan fingerprint density at radius 1 is 1.62 bits per heavy atom. The van der Waals surface area contributed by atoms with Gasteiger partial charge in [0.2, 0.25) is 5.91 Å². The summed E-state index contributed by atoms with van der Waals surface area (Å²) in [6, 6.07) is 0. The Kier molecular flexibility index (Phi) is 2.89. The van der Waals surface area contributed by atoms with Gasteiger partial charge in [0.05, 0.1) is 6.54 Å². The highest BCUT2D eigenvalue weighted by atomic mass is 16.1. The second kappa shape index (κ2) is 4.19. The van der Waals surface area contributed by atoms with Crippen LogP contribution in [0.15, 0.2) is 0 Å². The van der Waals surface area contributed by atoms with Gasteiger partial charge in [-0.1, -0.05) is 25.5 Å². The molecule has 0 aromatic carbocycles. The number of nitrogens with one attached hydrogen (secondary N) is 2. The van der Waals surface area contributed by atoms with Crippen LogP contribution < -0.4 is 5.32 Å². The van der Waals surface area contributed by atoms with Crippen molar-refractivity contribution >= 4 is 5.91 Å². The third-order valence-electron chi connectivity index (χ3n) is 3.38. The number of carbonyl (C=O) groups is 1. The van der Waals surface area contributed by atoms with Gasteiger partial charge in [-0.15, -0.1) is 10.2 Å². The number of tetrazole rings is 1. The lowest BCUT2D eigenvalue weighted by Gasteiger charge is -2.25. The number of rotatable bonds is 3. The Morgan fingerprint density at radius 2 is 2.44 bits per heavy atom. The van der Waals surface area contributed by atoms with E-state index in [1.807, 2.05) is 0 Å². The van der Waals surface area contributed by atoms with E-state index < -0.39 is 0 Å². The van der Waals surface area contributed by atoms with Gasteiger partial charge >= 0.3 is 0 Å². The standard InChI is InChI=1S/C10H17N5O/c1-10(2)5-3-4-7(10)9(16)11-6-8-12-14-15-13-8/h7H,3-6H2,1-2H3,(H,11,16)(H,12,13,14,15). The van der Waals surface area contributed by atoms with Crippen molar-refractivity contribution in [2.24, 2.45) is 11.3 Å². The first kappa shape index (κ1) is 11.0. The van der Waals surface area contributed by atoms with Crippen LogP contribution in [-0.4, -0.2) is 26.5 Å². The third kappa shape index (κ3) is 2.20. The normalized spacial score (nSPS) is 23.2. The van der Waals surface area contributed by atoms with E-state index in [-0.39, 0.29) is 17.2 Å². The van der Waals surface area contributed by atoms with Crippen LogP contribution in [0.4, 0.5) is 0 Å². The fraction of sp³-hybridized carbons (Fsp3) is 0.800. The van der Waals surface area contributed by atoms with Crippen molar-refractivity contribution in [2.75, 3.05) is 0 Å². The van der Waals surface area contributed by atoms with E-state index in [4.69, 9.17) is 0 Å². The molecule has 1 atom stereocenters. The summed E-state index contributed by atoms with van der Waals surface area (Å²) in [5, 5.41) is 16.2. The Morgan fingerprint density at radius 3 is 3.00 bits per heavy atom. The van der Waals surface area contributed by atoms with E-state index in [0.29, 0.717) is 12.4 Å². The van der Waals surface area contributed by atoms with Crippen LogP contribution in [0.5, 0.6) is 0 Å². The second-order valence-electron chi connectivity index (χ2n) is 4.98. The minimum absolute atomic E-state index is 0.104. The smallest absolute Gasteiger partial charge is 0.224 e. The average molecular weight is 223 g/mol. The van der Waals surface area contributed by atoms with Gasteiger partial charge in [0.15, 0.2) is 5.82 Å². The zero-order valence-electron chi connectivity index (χ0n) is 9.66. The number of nitrogens with zero attached hydrogens (tertiary/aromatic N) is 3. The van der Waals surface area contributed by atoms with Gasteiger partial charge < -0.3 is 5.32 Å². The van der Waals surface area contributed by atoms with Gasteiger partial charge in [-0.05, 0) is 18.3 Å². The lowest BCUT2D eigenvalue weighted by atomic mass is 9.81. The first-order chi connectivity index (χ1) is 7.59. The fourth-order valence-corrected chi connectivity index (χ4v) is 2.36. The van der Waals surface area contributed by atoms with E-state index in [1.54, 1.807) is 0 Å². The van der Waals surface area contributed by atoms with Crippen molar-refractivity contribution in [3.05, 3.63) is 5.82 Å². The van der Waals surface area contributed by atoms with Crippen LogP contribution in [0, 0.1) is 11.3 Å². The molecular weight excluding hydrogens is 206 g/mol. The first-order valence-corrected chi connectivity index (χ1v) is 5.59. The van der Waals surface area contributed by atoms with Crippen molar-refractivity contribution < 1.29 is 4.79 Å². The van der Waals surface area contributed by atoms with Crippen molar-refractivity contribution in [3.63, 3.8) is 0 Å². The van der Waals surface area contributed by atoms with E-state index in [0.717, 1.165) is 19.3 Å². The van der Waals surface area contributed by atoms with Crippen molar-refractivity contribution in [3.8, 4) is 0 Å². The highest BCUT2D eigenvalue weighted by Crippen LogP contribution is 2.42. The van der Waals surface area contributed by atoms with E-state index in [2.05, 4.69) is 39.8 Å². The zero-order valence-corrected chi connectivity index (χ0v) is 9.66. The molecule has 0 radical (unpaired) electrons. The maximum Gasteiger partial charge on any atom is 0.224 e. The molecule has 1 aromatic heterocycles. The average Bonchev–Trinajstić information content (AvgIpc) is 2.83. The fourth-order valence-electron chi connectivity index (χ4n) is 2.36. The molecule has 1 fully saturated rings. The zero-order chi connectivity index (χ0) is 11.6. The van der Waals surface area contributed by atoms with Crippen LogP contribution in [0.25, 0.3) is 0 Å². The summed E-state index contributed by atoms with van der Waals surface area (Å²) >= 11 is 0. The van der Waals surface area contributed by atoms with E-state index in [9.17, 15) is 4.79 Å². The summed E-state index contributed by atoms with van der Waals surface area (Å²) in [6.45, 7) is 4.65. The molecule has 1 aliphatic rings. The molecule has 0 bridgehead atoms. The van der Waals surface area contributed by atoms with Gasteiger partial charge in [0.1, 0.15) is 0 Å².